The summed E-state index contributed by atoms with van der Waals surface area (Å²) in [6.45, 7) is 10.7. The summed E-state index contributed by atoms with van der Waals surface area (Å²) in [4.78, 5) is 6.57. The number of rotatable bonds is 6. The second-order valence-electron chi connectivity index (χ2n) is 4.60. The molecule has 0 aliphatic carbocycles. The quantitative estimate of drug-likeness (QED) is 0.848. The van der Waals surface area contributed by atoms with Crippen LogP contribution in [0.3, 0.4) is 0 Å². The lowest BCUT2D eigenvalue weighted by molar-refractivity contribution is 0.236. The van der Waals surface area contributed by atoms with Crippen LogP contribution in [0.25, 0.3) is 0 Å². The molecule has 0 bridgehead atoms. The minimum absolute atomic E-state index is 0. The summed E-state index contributed by atoms with van der Waals surface area (Å²) in [5.41, 5.74) is 5.36. The molecule has 0 fully saturated rings. The smallest absolute Gasteiger partial charge is 0.240 e. The van der Waals surface area contributed by atoms with E-state index in [0.717, 1.165) is 19.5 Å². The Balaban J connectivity index is 0.00000256. The molecule has 0 aliphatic rings. The molecule has 1 aromatic heterocycles. The van der Waals surface area contributed by atoms with Crippen LogP contribution in [-0.4, -0.2) is 28.1 Å². The van der Waals surface area contributed by atoms with Crippen LogP contribution in [0.2, 0.25) is 0 Å². The van der Waals surface area contributed by atoms with E-state index in [1.807, 2.05) is 13.8 Å². The Morgan fingerprint density at radius 1 is 1.35 bits per heavy atom. The van der Waals surface area contributed by atoms with Crippen molar-refractivity contribution in [1.29, 1.82) is 0 Å². The van der Waals surface area contributed by atoms with Gasteiger partial charge in [0.15, 0.2) is 5.82 Å². The first-order valence-corrected chi connectivity index (χ1v) is 5.81. The Hall–Kier alpha value is -0.650. The van der Waals surface area contributed by atoms with Crippen molar-refractivity contribution in [2.45, 2.75) is 46.2 Å². The predicted molar refractivity (Wildman–Crippen MR) is 70.0 cm³/mol. The fourth-order valence-electron chi connectivity index (χ4n) is 1.44. The van der Waals surface area contributed by atoms with E-state index in [-0.39, 0.29) is 12.4 Å². The standard InChI is InChI=1S/C11H22N4O.ClH/c1-5-7-15(6-2)8-9-13-10(14-16-9)11(3,4)12;/h5-8,12H2,1-4H3;1H. The van der Waals surface area contributed by atoms with Crippen molar-refractivity contribution in [2.24, 2.45) is 5.73 Å². The predicted octanol–water partition coefficient (Wildman–Crippen LogP) is 1.92. The third kappa shape index (κ3) is 5.02. The Morgan fingerprint density at radius 3 is 2.41 bits per heavy atom. The van der Waals surface area contributed by atoms with Gasteiger partial charge >= 0.3 is 0 Å². The van der Waals surface area contributed by atoms with Crippen LogP contribution in [0.5, 0.6) is 0 Å². The van der Waals surface area contributed by atoms with Gasteiger partial charge in [-0.15, -0.1) is 12.4 Å². The van der Waals surface area contributed by atoms with E-state index < -0.39 is 5.54 Å². The maximum Gasteiger partial charge on any atom is 0.240 e. The molecule has 0 amide bonds. The second-order valence-corrected chi connectivity index (χ2v) is 4.60. The fraction of sp³-hybridized carbons (Fsp3) is 0.818. The molecule has 100 valence electrons. The summed E-state index contributed by atoms with van der Waals surface area (Å²) < 4.78 is 5.19. The van der Waals surface area contributed by atoms with Crippen LogP contribution in [0.1, 0.15) is 45.8 Å². The normalized spacial score (nSPS) is 11.6. The average Bonchev–Trinajstić information content (AvgIpc) is 2.65. The highest BCUT2D eigenvalue weighted by Crippen LogP contribution is 2.13. The highest BCUT2D eigenvalue weighted by atomic mass is 35.5. The van der Waals surface area contributed by atoms with Gasteiger partial charge in [-0.25, -0.2) is 0 Å². The molecule has 0 saturated carbocycles. The Bertz CT molecular complexity index is 322. The van der Waals surface area contributed by atoms with Crippen LogP contribution in [0, 0.1) is 0 Å². The topological polar surface area (TPSA) is 68.2 Å². The molecule has 1 aromatic rings. The number of aromatic nitrogens is 2. The van der Waals surface area contributed by atoms with Crippen molar-refractivity contribution in [1.82, 2.24) is 15.0 Å². The minimum atomic E-state index is -0.538. The molecule has 0 radical (unpaired) electrons. The van der Waals surface area contributed by atoms with E-state index in [0.29, 0.717) is 18.3 Å². The Morgan fingerprint density at radius 2 is 2.00 bits per heavy atom. The van der Waals surface area contributed by atoms with Crippen molar-refractivity contribution in [3.8, 4) is 0 Å². The molecule has 0 atom stereocenters. The molecular weight excluding hydrogens is 240 g/mol. The first-order chi connectivity index (χ1) is 7.47. The van der Waals surface area contributed by atoms with E-state index in [1.54, 1.807) is 0 Å². The average molecular weight is 263 g/mol. The summed E-state index contributed by atoms with van der Waals surface area (Å²) >= 11 is 0. The molecule has 0 aromatic carbocycles. The number of hydrogen-bond acceptors (Lipinski definition) is 5. The van der Waals surface area contributed by atoms with Crippen LogP contribution in [0.15, 0.2) is 4.52 Å². The van der Waals surface area contributed by atoms with E-state index in [1.165, 1.54) is 0 Å². The van der Waals surface area contributed by atoms with E-state index in [4.69, 9.17) is 10.3 Å². The zero-order valence-electron chi connectivity index (χ0n) is 11.1. The van der Waals surface area contributed by atoms with E-state index in [2.05, 4.69) is 28.9 Å². The van der Waals surface area contributed by atoms with Gasteiger partial charge in [-0.05, 0) is 33.4 Å². The molecule has 0 aliphatic heterocycles. The van der Waals surface area contributed by atoms with Crippen LogP contribution >= 0.6 is 12.4 Å². The summed E-state index contributed by atoms with van der Waals surface area (Å²) in [7, 11) is 0. The Kier molecular flexibility index (Phi) is 6.67. The highest BCUT2D eigenvalue weighted by Gasteiger charge is 2.21. The number of nitrogens with two attached hydrogens (primary N) is 1. The van der Waals surface area contributed by atoms with Gasteiger partial charge in [-0.3, -0.25) is 4.90 Å². The first-order valence-electron chi connectivity index (χ1n) is 5.81. The number of hydrogen-bond donors (Lipinski definition) is 1. The molecule has 6 heteroatoms. The molecule has 17 heavy (non-hydrogen) atoms. The molecular formula is C11H23ClN4O. The molecule has 5 nitrogen and oxygen atoms in total. The summed E-state index contributed by atoms with van der Waals surface area (Å²) in [6.07, 6.45) is 1.12. The van der Waals surface area contributed by atoms with E-state index >= 15 is 0 Å². The van der Waals surface area contributed by atoms with Crippen molar-refractivity contribution >= 4 is 12.4 Å². The fourth-order valence-corrected chi connectivity index (χ4v) is 1.44. The van der Waals surface area contributed by atoms with Crippen LogP contribution < -0.4 is 5.73 Å². The van der Waals surface area contributed by atoms with Gasteiger partial charge in [0.1, 0.15) is 0 Å². The van der Waals surface area contributed by atoms with Gasteiger partial charge in [-0.1, -0.05) is 19.0 Å². The van der Waals surface area contributed by atoms with Crippen LogP contribution in [-0.2, 0) is 12.1 Å². The Labute approximate surface area is 109 Å². The largest absolute Gasteiger partial charge is 0.338 e. The third-order valence-corrected chi connectivity index (χ3v) is 2.39. The van der Waals surface area contributed by atoms with Gasteiger partial charge in [0.25, 0.3) is 0 Å². The van der Waals surface area contributed by atoms with Gasteiger partial charge < -0.3 is 10.3 Å². The maximum absolute atomic E-state index is 5.89. The summed E-state index contributed by atoms with van der Waals surface area (Å²) in [6, 6.07) is 0. The summed E-state index contributed by atoms with van der Waals surface area (Å²) in [5.74, 6) is 1.21. The molecule has 2 N–H and O–H groups in total. The van der Waals surface area contributed by atoms with Gasteiger partial charge in [0.2, 0.25) is 5.89 Å². The zero-order chi connectivity index (χ0) is 12.2. The molecule has 1 rings (SSSR count). The monoisotopic (exact) mass is 262 g/mol. The summed E-state index contributed by atoms with van der Waals surface area (Å²) in [5, 5.41) is 3.90. The second kappa shape index (κ2) is 6.93. The van der Waals surface area contributed by atoms with Crippen molar-refractivity contribution in [2.75, 3.05) is 13.1 Å². The van der Waals surface area contributed by atoms with Crippen molar-refractivity contribution < 1.29 is 4.52 Å². The first kappa shape index (κ1) is 16.4. The molecule has 0 saturated heterocycles. The lowest BCUT2D eigenvalue weighted by Gasteiger charge is -2.16. The van der Waals surface area contributed by atoms with Gasteiger partial charge in [0.05, 0.1) is 12.1 Å². The van der Waals surface area contributed by atoms with Crippen LogP contribution in [0.4, 0.5) is 0 Å². The third-order valence-electron chi connectivity index (χ3n) is 2.39. The maximum atomic E-state index is 5.89. The van der Waals surface area contributed by atoms with Crippen molar-refractivity contribution in [3.05, 3.63) is 11.7 Å². The lowest BCUT2D eigenvalue weighted by atomic mass is 10.1. The minimum Gasteiger partial charge on any atom is -0.338 e. The molecule has 1 heterocycles. The molecule has 0 spiro atoms. The van der Waals surface area contributed by atoms with Crippen molar-refractivity contribution in [3.63, 3.8) is 0 Å². The number of nitrogens with zero attached hydrogens (tertiary/aromatic N) is 3. The van der Waals surface area contributed by atoms with Gasteiger partial charge in [-0.2, -0.15) is 4.98 Å². The SMILES string of the molecule is CCCN(CC)Cc1nc(C(C)(C)N)no1.Cl. The lowest BCUT2D eigenvalue weighted by Crippen LogP contribution is -2.30. The zero-order valence-corrected chi connectivity index (χ0v) is 11.9. The highest BCUT2D eigenvalue weighted by molar-refractivity contribution is 5.85. The van der Waals surface area contributed by atoms with Gasteiger partial charge in [0, 0.05) is 0 Å². The number of halogens is 1. The molecule has 0 unspecified atom stereocenters. The van der Waals surface area contributed by atoms with E-state index in [9.17, 15) is 0 Å².